The molecule has 0 aliphatic carbocycles. The Morgan fingerprint density at radius 1 is 0.906 bits per heavy atom. The fraction of sp³-hybridized carbons (Fsp3) is 0.231. The molecular formula is C26H27FO3S2. The molecule has 3 rings (SSSR count). The number of hydrogen-bond acceptors (Lipinski definition) is 4. The molecule has 0 saturated heterocycles. The lowest BCUT2D eigenvalue weighted by Gasteiger charge is -2.20. The molecule has 0 N–H and O–H groups in total. The fourth-order valence-corrected chi connectivity index (χ4v) is 5.96. The van der Waals surface area contributed by atoms with Crippen LogP contribution in [0.5, 0.6) is 0 Å². The van der Waals surface area contributed by atoms with Crippen LogP contribution in [-0.4, -0.2) is 19.9 Å². The van der Waals surface area contributed by atoms with Gasteiger partial charge in [0, 0.05) is 5.75 Å². The van der Waals surface area contributed by atoms with Gasteiger partial charge in [0.25, 0.3) is 0 Å². The van der Waals surface area contributed by atoms with E-state index in [9.17, 15) is 8.42 Å². The largest absolute Gasteiger partial charge is 0.362 e. The SMILES string of the molecule is CCCSC/C(=C(\F)C(OCc1ccccc1)c1ccccc1)S(=O)(=O)c1ccccc1. The molecule has 0 aliphatic rings. The first kappa shape index (κ1) is 24.2. The summed E-state index contributed by atoms with van der Waals surface area (Å²) >= 11 is 1.41. The maximum Gasteiger partial charge on any atom is 0.206 e. The number of halogens is 1. The van der Waals surface area contributed by atoms with Gasteiger partial charge in [0.1, 0.15) is 11.9 Å². The van der Waals surface area contributed by atoms with E-state index in [4.69, 9.17) is 4.74 Å². The molecule has 0 spiro atoms. The van der Waals surface area contributed by atoms with Crippen LogP contribution in [0, 0.1) is 0 Å². The summed E-state index contributed by atoms with van der Waals surface area (Å²) < 4.78 is 48.9. The van der Waals surface area contributed by atoms with E-state index in [1.807, 2.05) is 43.3 Å². The molecule has 3 aromatic rings. The van der Waals surface area contributed by atoms with Gasteiger partial charge in [-0.2, -0.15) is 11.8 Å². The lowest BCUT2D eigenvalue weighted by Crippen LogP contribution is -2.15. The Morgan fingerprint density at radius 2 is 1.47 bits per heavy atom. The third-order valence-corrected chi connectivity index (χ3v) is 8.07. The number of thioether (sulfide) groups is 1. The zero-order valence-corrected chi connectivity index (χ0v) is 19.6. The summed E-state index contributed by atoms with van der Waals surface area (Å²) in [6.07, 6.45) is -0.246. The number of ether oxygens (including phenoxy) is 1. The average Bonchev–Trinajstić information content (AvgIpc) is 2.83. The van der Waals surface area contributed by atoms with Crippen molar-refractivity contribution in [2.45, 2.75) is 31.0 Å². The molecule has 0 aromatic heterocycles. The minimum atomic E-state index is -4.01. The molecule has 1 unspecified atom stereocenters. The summed E-state index contributed by atoms with van der Waals surface area (Å²) in [5, 5.41) is 0. The Morgan fingerprint density at radius 3 is 2.06 bits per heavy atom. The zero-order valence-electron chi connectivity index (χ0n) is 18.0. The molecule has 6 heteroatoms. The van der Waals surface area contributed by atoms with E-state index in [0.717, 1.165) is 17.7 Å². The van der Waals surface area contributed by atoms with E-state index >= 15 is 4.39 Å². The highest BCUT2D eigenvalue weighted by Crippen LogP contribution is 2.35. The Balaban J connectivity index is 2.04. The van der Waals surface area contributed by atoms with Gasteiger partial charge in [0.15, 0.2) is 0 Å². The smallest absolute Gasteiger partial charge is 0.206 e. The van der Waals surface area contributed by atoms with Crippen molar-refractivity contribution in [3.8, 4) is 0 Å². The minimum absolute atomic E-state index is 0.0505. The highest BCUT2D eigenvalue weighted by molar-refractivity contribution is 8.02. The van der Waals surface area contributed by atoms with Gasteiger partial charge in [-0.15, -0.1) is 0 Å². The van der Waals surface area contributed by atoms with Gasteiger partial charge in [0.2, 0.25) is 9.84 Å². The summed E-state index contributed by atoms with van der Waals surface area (Å²) in [7, 11) is -4.01. The number of benzene rings is 3. The first-order valence-electron chi connectivity index (χ1n) is 10.5. The summed E-state index contributed by atoms with van der Waals surface area (Å²) in [5.41, 5.74) is 1.45. The van der Waals surface area contributed by atoms with Crippen LogP contribution in [0.25, 0.3) is 0 Å². The summed E-state index contributed by atoms with van der Waals surface area (Å²) in [6, 6.07) is 26.4. The van der Waals surface area contributed by atoms with Gasteiger partial charge >= 0.3 is 0 Å². The van der Waals surface area contributed by atoms with Crippen molar-refractivity contribution in [3.05, 3.63) is 113 Å². The fourth-order valence-electron chi connectivity index (χ4n) is 3.17. The normalized spacial score (nSPS) is 13.4. The van der Waals surface area contributed by atoms with E-state index in [0.29, 0.717) is 5.56 Å². The Labute approximate surface area is 194 Å². The second kappa shape index (κ2) is 12.0. The second-order valence-corrected chi connectivity index (χ2v) is 10.3. The van der Waals surface area contributed by atoms with Crippen molar-refractivity contribution >= 4 is 21.6 Å². The van der Waals surface area contributed by atoms with Gasteiger partial charge in [-0.3, -0.25) is 0 Å². The van der Waals surface area contributed by atoms with Crippen LogP contribution in [0.15, 0.2) is 107 Å². The van der Waals surface area contributed by atoms with Crippen LogP contribution >= 0.6 is 11.8 Å². The molecule has 3 nitrogen and oxygen atoms in total. The van der Waals surface area contributed by atoms with E-state index in [1.165, 1.54) is 23.9 Å². The average molecular weight is 471 g/mol. The molecule has 0 bridgehead atoms. The molecule has 32 heavy (non-hydrogen) atoms. The summed E-state index contributed by atoms with van der Waals surface area (Å²) in [6.45, 7) is 2.17. The highest BCUT2D eigenvalue weighted by Gasteiger charge is 2.30. The molecule has 0 saturated carbocycles. The monoisotopic (exact) mass is 470 g/mol. The lowest BCUT2D eigenvalue weighted by molar-refractivity contribution is 0.0490. The maximum atomic E-state index is 16.1. The van der Waals surface area contributed by atoms with Crippen molar-refractivity contribution < 1.29 is 17.5 Å². The van der Waals surface area contributed by atoms with E-state index in [1.54, 1.807) is 42.5 Å². The molecule has 1 atom stereocenters. The van der Waals surface area contributed by atoms with Crippen molar-refractivity contribution in [2.75, 3.05) is 11.5 Å². The summed E-state index contributed by atoms with van der Waals surface area (Å²) in [4.78, 5) is -0.152. The van der Waals surface area contributed by atoms with E-state index in [-0.39, 0.29) is 22.2 Å². The zero-order chi connectivity index (χ0) is 22.8. The van der Waals surface area contributed by atoms with Gasteiger partial charge in [0.05, 0.1) is 16.4 Å². The van der Waals surface area contributed by atoms with Crippen molar-refractivity contribution in [1.29, 1.82) is 0 Å². The van der Waals surface area contributed by atoms with Crippen molar-refractivity contribution in [1.82, 2.24) is 0 Å². The first-order chi connectivity index (χ1) is 15.5. The van der Waals surface area contributed by atoms with Crippen molar-refractivity contribution in [2.24, 2.45) is 0 Å². The number of hydrogen-bond donors (Lipinski definition) is 0. The summed E-state index contributed by atoms with van der Waals surface area (Å²) in [5.74, 6) is 0.0243. The predicted octanol–water partition coefficient (Wildman–Crippen LogP) is 6.74. The molecule has 0 aliphatic heterocycles. The van der Waals surface area contributed by atoms with Crippen LogP contribution in [0.4, 0.5) is 4.39 Å². The molecule has 3 aromatic carbocycles. The molecule has 0 amide bonds. The standard InChI is InChI=1S/C26H27FO3S2/c1-2-18-31-20-24(32(28,29)23-16-10-5-11-17-23)25(27)26(22-14-8-4-9-15-22)30-19-21-12-6-3-7-13-21/h3-17,26H,2,18-20H2,1H3/b25-24+. The van der Waals surface area contributed by atoms with E-state index < -0.39 is 21.8 Å². The van der Waals surface area contributed by atoms with Gasteiger partial charge in [-0.1, -0.05) is 85.8 Å². The Kier molecular flexibility index (Phi) is 9.09. The van der Waals surface area contributed by atoms with Crippen LogP contribution in [0.3, 0.4) is 0 Å². The Bertz CT molecular complexity index is 1100. The van der Waals surface area contributed by atoms with Gasteiger partial charge in [-0.05, 0) is 35.4 Å². The molecular weight excluding hydrogens is 443 g/mol. The lowest BCUT2D eigenvalue weighted by atomic mass is 10.1. The van der Waals surface area contributed by atoms with Crippen LogP contribution < -0.4 is 0 Å². The third kappa shape index (κ3) is 6.31. The predicted molar refractivity (Wildman–Crippen MR) is 130 cm³/mol. The van der Waals surface area contributed by atoms with Crippen LogP contribution in [0.2, 0.25) is 0 Å². The third-order valence-electron chi connectivity index (χ3n) is 4.82. The topological polar surface area (TPSA) is 43.4 Å². The van der Waals surface area contributed by atoms with Gasteiger partial charge in [-0.25, -0.2) is 12.8 Å². The first-order valence-corrected chi connectivity index (χ1v) is 13.1. The minimum Gasteiger partial charge on any atom is -0.362 e. The quantitative estimate of drug-likeness (QED) is 0.291. The molecule has 0 fully saturated rings. The molecule has 168 valence electrons. The van der Waals surface area contributed by atoms with Crippen molar-refractivity contribution in [3.63, 3.8) is 0 Å². The highest BCUT2D eigenvalue weighted by atomic mass is 32.2. The van der Waals surface area contributed by atoms with Gasteiger partial charge < -0.3 is 4.74 Å². The molecule has 0 radical (unpaired) electrons. The number of rotatable bonds is 11. The number of sulfone groups is 1. The van der Waals surface area contributed by atoms with Crippen LogP contribution in [0.1, 0.15) is 30.6 Å². The van der Waals surface area contributed by atoms with E-state index in [2.05, 4.69) is 0 Å². The maximum absolute atomic E-state index is 16.1. The second-order valence-electron chi connectivity index (χ2n) is 7.23. The van der Waals surface area contributed by atoms with Crippen LogP contribution in [-0.2, 0) is 21.2 Å². The molecule has 0 heterocycles. The Hall–Kier alpha value is -2.41.